The maximum Gasteiger partial charge on any atom is 0.0587 e. The Kier molecular flexibility index (Phi) is 55.3. The molecule has 0 aromatic carbocycles. The van der Waals surface area contributed by atoms with E-state index in [-0.39, 0.29) is 0 Å². The monoisotopic (exact) mass is 357 g/mol. The molecule has 1 rings (SSSR count). The Labute approximate surface area is 164 Å². The summed E-state index contributed by atoms with van der Waals surface area (Å²) in [6.07, 6.45) is 11.6. The fourth-order valence-electron chi connectivity index (χ4n) is 2.72. The number of nitrogens with zero attached hydrogens (tertiary/aromatic N) is 1. The highest BCUT2D eigenvalue weighted by Gasteiger charge is 2.06. The van der Waals surface area contributed by atoms with Crippen molar-refractivity contribution < 1.29 is 0 Å². The first-order valence-electron chi connectivity index (χ1n) is 11.3. The van der Waals surface area contributed by atoms with Crippen molar-refractivity contribution in [2.45, 2.75) is 134 Å². The Morgan fingerprint density at radius 3 is 1.44 bits per heavy atom. The van der Waals surface area contributed by atoms with Crippen molar-refractivity contribution in [1.29, 1.82) is 5.26 Å². The molecule has 1 nitrogen and oxygen atoms in total. The Hall–Kier alpha value is -0.510. The molecule has 0 amide bonds. The zero-order valence-corrected chi connectivity index (χ0v) is 20.3. The zero-order valence-electron chi connectivity index (χ0n) is 20.3. The Balaban J connectivity index is -0.0000000740. The molecule has 1 aliphatic carbocycles. The van der Waals surface area contributed by atoms with E-state index >= 15 is 0 Å². The minimum Gasteiger partial charge on any atom is -0.199 e. The Morgan fingerprint density at radius 2 is 1.24 bits per heavy atom. The van der Waals surface area contributed by atoms with Crippen molar-refractivity contribution in [2.75, 3.05) is 0 Å². The molecule has 1 saturated carbocycles. The van der Waals surface area contributed by atoms with Crippen LogP contribution in [0.25, 0.3) is 0 Å². The second kappa shape index (κ2) is 38.8. The largest absolute Gasteiger partial charge is 0.199 e. The molecule has 0 saturated heterocycles. The summed E-state index contributed by atoms with van der Waals surface area (Å²) in [6, 6.07) is 1.75. The molecule has 1 aliphatic rings. The smallest absolute Gasteiger partial charge is 0.0587 e. The molecule has 1 fully saturated rings. The van der Waals surface area contributed by atoms with Crippen LogP contribution in [0.4, 0.5) is 0 Å². The number of hydrogen-bond acceptors (Lipinski definition) is 1. The van der Waals surface area contributed by atoms with Gasteiger partial charge in [-0.3, -0.25) is 0 Å². The van der Waals surface area contributed by atoms with E-state index in [9.17, 15) is 0 Å². The molecular weight excluding hydrogens is 302 g/mol. The van der Waals surface area contributed by atoms with E-state index < -0.39 is 0 Å². The van der Waals surface area contributed by atoms with E-state index in [1.54, 1.807) is 6.07 Å². The molecule has 0 heterocycles. The minimum absolute atomic E-state index is 0.881. The third-order valence-corrected chi connectivity index (χ3v) is 3.55. The first kappa shape index (κ1) is 35.6. The van der Waals surface area contributed by atoms with Crippen molar-refractivity contribution in [3.63, 3.8) is 0 Å². The van der Waals surface area contributed by atoms with Gasteiger partial charge >= 0.3 is 0 Å². The molecule has 0 N–H and O–H groups in total. The lowest BCUT2D eigenvalue weighted by Crippen LogP contribution is -1.99. The van der Waals surface area contributed by atoms with Crippen LogP contribution in [0.15, 0.2) is 0 Å². The predicted molar refractivity (Wildman–Crippen MR) is 121 cm³/mol. The van der Waals surface area contributed by atoms with Gasteiger partial charge in [-0.1, -0.05) is 121 Å². The number of rotatable bonds is 4. The highest BCUT2D eigenvalue weighted by molar-refractivity contribution is 4.59. The predicted octanol–water partition coefficient (Wildman–Crippen LogP) is 9.66. The molecule has 1 unspecified atom stereocenters. The van der Waals surface area contributed by atoms with Crippen LogP contribution in [0.1, 0.15) is 134 Å². The number of nitriles is 1. The van der Waals surface area contributed by atoms with Gasteiger partial charge in [-0.25, -0.2) is 0 Å². The molecule has 1 atom stereocenters. The fourth-order valence-corrected chi connectivity index (χ4v) is 2.72. The first-order chi connectivity index (χ1) is 12.0. The van der Waals surface area contributed by atoms with Crippen LogP contribution in [0.2, 0.25) is 0 Å². The van der Waals surface area contributed by atoms with Crippen LogP contribution in [-0.4, -0.2) is 0 Å². The van der Waals surface area contributed by atoms with Crippen LogP contribution in [0, 0.1) is 29.1 Å². The molecule has 0 aliphatic heterocycles. The van der Waals surface area contributed by atoms with Gasteiger partial charge in [0.1, 0.15) is 0 Å². The van der Waals surface area contributed by atoms with E-state index in [0.717, 1.165) is 17.8 Å². The summed E-state index contributed by atoms with van der Waals surface area (Å²) in [5.41, 5.74) is 0. The molecule has 0 radical (unpaired) electrons. The third kappa shape index (κ3) is 51.7. The summed E-state index contributed by atoms with van der Waals surface area (Å²) < 4.78 is 0. The van der Waals surface area contributed by atoms with Gasteiger partial charge in [-0.15, -0.1) is 0 Å². The van der Waals surface area contributed by atoms with Crippen molar-refractivity contribution >= 4 is 0 Å². The van der Waals surface area contributed by atoms with Crippen LogP contribution in [-0.2, 0) is 0 Å². The summed E-state index contributed by atoms with van der Waals surface area (Å²) in [6.45, 7) is 25.0. The highest BCUT2D eigenvalue weighted by Crippen LogP contribution is 2.22. The van der Waals surface area contributed by atoms with Crippen LogP contribution < -0.4 is 0 Å². The SMILES string of the molecule is CC.CC.CC.CC#N.CC1CCCCC1.CCCC(C)CC(C)C. The molecule has 0 aromatic heterocycles. The molecule has 0 bridgehead atoms. The third-order valence-electron chi connectivity index (χ3n) is 3.55. The van der Waals surface area contributed by atoms with E-state index in [4.69, 9.17) is 5.26 Å². The molecule has 0 aromatic rings. The fraction of sp³-hybridized carbons (Fsp3) is 0.958. The zero-order chi connectivity index (χ0) is 21.1. The van der Waals surface area contributed by atoms with Crippen molar-refractivity contribution in [1.82, 2.24) is 0 Å². The van der Waals surface area contributed by atoms with E-state index in [0.29, 0.717) is 0 Å². The van der Waals surface area contributed by atoms with Gasteiger partial charge in [0.05, 0.1) is 6.07 Å². The van der Waals surface area contributed by atoms with Gasteiger partial charge < -0.3 is 0 Å². The maximum absolute atomic E-state index is 7.32. The summed E-state index contributed by atoms with van der Waals surface area (Å²) in [7, 11) is 0. The van der Waals surface area contributed by atoms with Crippen molar-refractivity contribution in [2.24, 2.45) is 17.8 Å². The van der Waals surface area contributed by atoms with E-state index in [1.807, 2.05) is 41.5 Å². The quantitative estimate of drug-likeness (QED) is 0.491. The normalized spacial score (nSPS) is 13.3. The average molecular weight is 358 g/mol. The molecule has 25 heavy (non-hydrogen) atoms. The van der Waals surface area contributed by atoms with Gasteiger partial charge in [0.2, 0.25) is 0 Å². The first-order valence-corrected chi connectivity index (χ1v) is 11.3. The topological polar surface area (TPSA) is 23.8 Å². The van der Waals surface area contributed by atoms with Gasteiger partial charge in [0.25, 0.3) is 0 Å². The summed E-state index contributed by atoms with van der Waals surface area (Å²) in [5.74, 6) is 2.86. The van der Waals surface area contributed by atoms with Crippen LogP contribution >= 0.6 is 0 Å². The summed E-state index contributed by atoms with van der Waals surface area (Å²) in [4.78, 5) is 0. The van der Waals surface area contributed by atoms with E-state index in [2.05, 4.69) is 34.6 Å². The Bertz CT molecular complexity index is 197. The summed E-state index contributed by atoms with van der Waals surface area (Å²) >= 11 is 0. The van der Waals surface area contributed by atoms with Crippen molar-refractivity contribution in [3.8, 4) is 6.07 Å². The average Bonchev–Trinajstić information content (AvgIpc) is 2.62. The van der Waals surface area contributed by atoms with Gasteiger partial charge in [-0.05, 0) is 24.2 Å². The van der Waals surface area contributed by atoms with E-state index in [1.165, 1.54) is 58.3 Å². The lowest BCUT2D eigenvalue weighted by molar-refractivity contribution is 0.385. The van der Waals surface area contributed by atoms with Gasteiger partial charge in [-0.2, -0.15) is 5.26 Å². The molecule has 0 spiro atoms. The second-order valence-electron chi connectivity index (χ2n) is 6.49. The second-order valence-corrected chi connectivity index (χ2v) is 6.49. The molecule has 1 heteroatoms. The standard InChI is InChI=1S/C9H20.C7H14.C2H3N.3C2H6/c1-5-6-9(4)7-8(2)3;1-7-5-3-2-4-6-7;1-2-3;3*1-2/h8-9H,5-7H2,1-4H3;7H,2-6H2,1H3;1H3;3*1-2H3. The summed E-state index contributed by atoms with van der Waals surface area (Å²) in [5, 5.41) is 7.32. The molecule has 156 valence electrons. The minimum atomic E-state index is 0.881. The van der Waals surface area contributed by atoms with Crippen LogP contribution in [0.5, 0.6) is 0 Å². The van der Waals surface area contributed by atoms with Gasteiger partial charge in [0.15, 0.2) is 0 Å². The maximum atomic E-state index is 7.32. The van der Waals surface area contributed by atoms with Crippen LogP contribution in [0.3, 0.4) is 0 Å². The van der Waals surface area contributed by atoms with Crippen molar-refractivity contribution in [3.05, 3.63) is 0 Å². The molecular formula is C24H55N. The highest BCUT2D eigenvalue weighted by atomic mass is 14.2. The lowest BCUT2D eigenvalue weighted by Gasteiger charge is -2.15. The lowest BCUT2D eigenvalue weighted by atomic mass is 9.91. The van der Waals surface area contributed by atoms with Gasteiger partial charge in [0, 0.05) is 6.92 Å². The number of hydrogen-bond donors (Lipinski definition) is 0. The Morgan fingerprint density at radius 1 is 0.880 bits per heavy atom.